The van der Waals surface area contributed by atoms with Crippen molar-refractivity contribution in [2.45, 2.75) is 31.8 Å². The monoisotopic (exact) mass is 278 g/mol. The van der Waals surface area contributed by atoms with E-state index in [1.807, 2.05) is 0 Å². The second-order valence-corrected chi connectivity index (χ2v) is 4.98. The first kappa shape index (κ1) is 15.0. The maximum atomic E-state index is 12.4. The first-order valence-corrected chi connectivity index (χ1v) is 5.99. The normalized spacial score (nSPS) is 15.2. The number of halogens is 4. The minimum atomic E-state index is -4.20. The Hall–Kier alpha value is -1.03. The van der Waals surface area contributed by atoms with Crippen molar-refractivity contribution in [3.8, 4) is 0 Å². The van der Waals surface area contributed by atoms with E-state index in [0.29, 0.717) is 11.1 Å². The van der Waals surface area contributed by atoms with Gasteiger partial charge in [0.1, 0.15) is 0 Å². The predicted molar refractivity (Wildman–Crippen MR) is 65.0 cm³/mol. The third-order valence-electron chi connectivity index (χ3n) is 2.70. The summed E-state index contributed by atoms with van der Waals surface area (Å²) >= 11 is 5.65. The van der Waals surface area contributed by atoms with Crippen LogP contribution in [0.2, 0.25) is 0 Å². The molecule has 0 saturated heterocycles. The van der Waals surface area contributed by atoms with E-state index in [0.717, 1.165) is 6.92 Å². The van der Waals surface area contributed by atoms with Crippen molar-refractivity contribution in [3.63, 3.8) is 0 Å². The van der Waals surface area contributed by atoms with Crippen LogP contribution in [-0.4, -0.2) is 17.3 Å². The van der Waals surface area contributed by atoms with Crippen molar-refractivity contribution >= 4 is 17.4 Å². The molecule has 2 unspecified atom stereocenters. The lowest BCUT2D eigenvalue weighted by Gasteiger charge is -2.15. The van der Waals surface area contributed by atoms with Crippen molar-refractivity contribution < 1.29 is 18.0 Å². The van der Waals surface area contributed by atoms with Crippen molar-refractivity contribution in [2.75, 3.05) is 0 Å². The van der Waals surface area contributed by atoms with Crippen LogP contribution in [0.4, 0.5) is 13.2 Å². The lowest BCUT2D eigenvalue weighted by Crippen LogP contribution is -2.21. The standard InChI is InChI=1S/C13H14ClF3O/c1-8(13(15,16)17)7-10-3-5-11(6-4-10)12(18)9(2)14/h3-6,8-9H,7H2,1-2H3. The van der Waals surface area contributed by atoms with Gasteiger partial charge >= 0.3 is 6.18 Å². The Kier molecular flexibility index (Phi) is 4.79. The maximum Gasteiger partial charge on any atom is 0.391 e. The van der Waals surface area contributed by atoms with Crippen molar-refractivity contribution in [2.24, 2.45) is 5.92 Å². The molecule has 0 aromatic heterocycles. The zero-order valence-electron chi connectivity index (χ0n) is 10.1. The Labute approximate surface area is 109 Å². The molecule has 5 heteroatoms. The number of hydrogen-bond acceptors (Lipinski definition) is 1. The van der Waals surface area contributed by atoms with Gasteiger partial charge in [0.05, 0.1) is 11.3 Å². The van der Waals surface area contributed by atoms with Crippen LogP contribution < -0.4 is 0 Å². The van der Waals surface area contributed by atoms with Gasteiger partial charge in [-0.25, -0.2) is 0 Å². The van der Waals surface area contributed by atoms with Gasteiger partial charge in [-0.05, 0) is 18.9 Å². The quantitative estimate of drug-likeness (QED) is 0.595. The molecule has 1 aromatic carbocycles. The lowest BCUT2D eigenvalue weighted by atomic mass is 9.98. The number of benzene rings is 1. The van der Waals surface area contributed by atoms with E-state index in [9.17, 15) is 18.0 Å². The molecule has 0 aliphatic carbocycles. The summed E-state index contributed by atoms with van der Waals surface area (Å²) in [5.41, 5.74) is 0.972. The number of carbonyl (C=O) groups is 1. The van der Waals surface area contributed by atoms with Crippen molar-refractivity contribution in [1.82, 2.24) is 0 Å². The molecule has 0 amide bonds. The third kappa shape index (κ3) is 4.02. The highest BCUT2D eigenvalue weighted by Gasteiger charge is 2.35. The van der Waals surface area contributed by atoms with Crippen molar-refractivity contribution in [1.29, 1.82) is 0 Å². The average Bonchev–Trinajstić information content (AvgIpc) is 2.27. The summed E-state index contributed by atoms with van der Waals surface area (Å²) in [6.07, 6.45) is -4.28. The van der Waals surface area contributed by atoms with E-state index in [2.05, 4.69) is 0 Å². The molecule has 0 spiro atoms. The van der Waals surface area contributed by atoms with E-state index in [4.69, 9.17) is 11.6 Å². The molecule has 1 aromatic rings. The number of Topliss-reactive ketones (excluding diaryl/α,β-unsaturated/α-hetero) is 1. The van der Waals surface area contributed by atoms with Gasteiger partial charge in [0.2, 0.25) is 0 Å². The minimum Gasteiger partial charge on any atom is -0.293 e. The van der Waals surface area contributed by atoms with Crippen LogP contribution in [0.3, 0.4) is 0 Å². The van der Waals surface area contributed by atoms with Gasteiger partial charge in [-0.3, -0.25) is 4.79 Å². The maximum absolute atomic E-state index is 12.4. The molecule has 0 fully saturated rings. The van der Waals surface area contributed by atoms with Gasteiger partial charge in [-0.1, -0.05) is 31.2 Å². The van der Waals surface area contributed by atoms with Gasteiger partial charge in [0.25, 0.3) is 0 Å². The average molecular weight is 279 g/mol. The van der Waals surface area contributed by atoms with E-state index in [1.165, 1.54) is 24.3 Å². The molecular formula is C13H14ClF3O. The fourth-order valence-electron chi connectivity index (χ4n) is 1.50. The van der Waals surface area contributed by atoms with E-state index < -0.39 is 17.5 Å². The summed E-state index contributed by atoms with van der Waals surface area (Å²) in [6.45, 7) is 2.70. The van der Waals surface area contributed by atoms with Crippen LogP contribution in [0, 0.1) is 5.92 Å². The fraction of sp³-hybridized carbons (Fsp3) is 0.462. The molecule has 1 nitrogen and oxygen atoms in total. The summed E-state index contributed by atoms with van der Waals surface area (Å²) in [4.78, 5) is 11.5. The Morgan fingerprint density at radius 3 is 2.11 bits per heavy atom. The first-order chi connectivity index (χ1) is 8.21. The van der Waals surface area contributed by atoms with Crippen LogP contribution in [0.25, 0.3) is 0 Å². The molecule has 18 heavy (non-hydrogen) atoms. The van der Waals surface area contributed by atoms with Crippen LogP contribution in [-0.2, 0) is 6.42 Å². The van der Waals surface area contributed by atoms with Gasteiger partial charge < -0.3 is 0 Å². The molecule has 0 bridgehead atoms. The molecule has 0 radical (unpaired) electrons. The number of rotatable bonds is 4. The zero-order chi connectivity index (χ0) is 13.9. The Morgan fingerprint density at radius 2 is 1.72 bits per heavy atom. The predicted octanol–water partition coefficient (Wildman–Crippen LogP) is 4.24. The summed E-state index contributed by atoms with van der Waals surface area (Å²) in [7, 11) is 0. The molecule has 0 aliphatic rings. The number of ketones is 1. The summed E-state index contributed by atoms with van der Waals surface area (Å²) in [6, 6.07) is 6.10. The highest BCUT2D eigenvalue weighted by molar-refractivity contribution is 6.33. The first-order valence-electron chi connectivity index (χ1n) is 5.55. The second kappa shape index (κ2) is 5.74. The SMILES string of the molecule is CC(Cl)C(=O)c1ccc(CC(C)C(F)(F)F)cc1. The smallest absolute Gasteiger partial charge is 0.293 e. The highest BCUT2D eigenvalue weighted by atomic mass is 35.5. The van der Waals surface area contributed by atoms with Crippen LogP contribution in [0.1, 0.15) is 29.8 Å². The lowest BCUT2D eigenvalue weighted by molar-refractivity contribution is -0.169. The van der Waals surface area contributed by atoms with Gasteiger partial charge in [0, 0.05) is 5.56 Å². The van der Waals surface area contributed by atoms with E-state index in [-0.39, 0.29) is 12.2 Å². The van der Waals surface area contributed by atoms with E-state index >= 15 is 0 Å². The zero-order valence-corrected chi connectivity index (χ0v) is 10.8. The number of alkyl halides is 4. The summed E-state index contributed by atoms with van der Waals surface area (Å²) < 4.78 is 37.1. The number of hydrogen-bond donors (Lipinski definition) is 0. The Morgan fingerprint density at radius 1 is 1.22 bits per heavy atom. The minimum absolute atomic E-state index is 0.0889. The summed E-state index contributed by atoms with van der Waals surface area (Å²) in [5, 5.41) is -0.634. The summed E-state index contributed by atoms with van der Waals surface area (Å²) in [5.74, 6) is -1.63. The molecule has 0 N–H and O–H groups in total. The van der Waals surface area contributed by atoms with Crippen LogP contribution in [0.15, 0.2) is 24.3 Å². The second-order valence-electron chi connectivity index (χ2n) is 4.32. The largest absolute Gasteiger partial charge is 0.391 e. The molecule has 2 atom stereocenters. The molecule has 0 aliphatic heterocycles. The number of carbonyl (C=O) groups excluding carboxylic acids is 1. The van der Waals surface area contributed by atoms with Gasteiger partial charge in [-0.2, -0.15) is 13.2 Å². The fourth-order valence-corrected chi connectivity index (χ4v) is 1.63. The Balaban J connectivity index is 2.75. The molecule has 1 rings (SSSR count). The van der Waals surface area contributed by atoms with E-state index in [1.54, 1.807) is 6.92 Å². The topological polar surface area (TPSA) is 17.1 Å². The van der Waals surface area contributed by atoms with Crippen molar-refractivity contribution in [3.05, 3.63) is 35.4 Å². The third-order valence-corrected chi connectivity index (χ3v) is 2.90. The molecule has 100 valence electrons. The molecule has 0 heterocycles. The van der Waals surface area contributed by atoms with Gasteiger partial charge in [-0.15, -0.1) is 11.6 Å². The van der Waals surface area contributed by atoms with Crippen LogP contribution >= 0.6 is 11.6 Å². The highest BCUT2D eigenvalue weighted by Crippen LogP contribution is 2.28. The van der Waals surface area contributed by atoms with Gasteiger partial charge in [0.15, 0.2) is 5.78 Å². The Bertz CT molecular complexity index is 409. The molecule has 0 saturated carbocycles. The van der Waals surface area contributed by atoms with Crippen LogP contribution in [0.5, 0.6) is 0 Å². The molecular weight excluding hydrogens is 265 g/mol.